The van der Waals surface area contributed by atoms with Crippen molar-refractivity contribution in [1.82, 2.24) is 0 Å². The summed E-state index contributed by atoms with van der Waals surface area (Å²) < 4.78 is 5.01. The molecule has 0 bridgehead atoms. The molecule has 0 radical (unpaired) electrons. The second-order valence-electron chi connectivity index (χ2n) is 2.52. The van der Waals surface area contributed by atoms with Gasteiger partial charge in [0.15, 0.2) is 0 Å². The molecule has 0 aromatic rings. The summed E-state index contributed by atoms with van der Waals surface area (Å²) in [6.45, 7) is 1.95. The zero-order chi connectivity index (χ0) is 7.45. The van der Waals surface area contributed by atoms with Crippen LogP contribution in [-0.4, -0.2) is 25.1 Å². The van der Waals surface area contributed by atoms with Gasteiger partial charge in [-0.1, -0.05) is 21.0 Å². The van der Waals surface area contributed by atoms with Crippen LogP contribution in [0.4, 0.5) is 0 Å². The third kappa shape index (κ3) is 1.42. The molecule has 5 heteroatoms. The van der Waals surface area contributed by atoms with E-state index in [0.29, 0.717) is 19.8 Å². The Hall–Kier alpha value is -0.250. The summed E-state index contributed by atoms with van der Waals surface area (Å²) in [5.74, 6) is 0. The summed E-state index contributed by atoms with van der Waals surface area (Å²) >= 11 is 3.35. The summed E-state index contributed by atoms with van der Waals surface area (Å²) in [5, 5.41) is 4.35. The Morgan fingerprint density at radius 3 is 2.70 bits per heavy atom. The quantitative estimate of drug-likeness (QED) is 0.300. The number of hydrogen-bond acceptors (Lipinski definition) is 2. The minimum absolute atomic E-state index is 0.0895. The van der Waals surface area contributed by atoms with Gasteiger partial charge in [0.25, 0.3) is 0 Å². The van der Waals surface area contributed by atoms with Crippen molar-refractivity contribution in [2.75, 3.05) is 25.1 Å². The number of azide groups is 1. The predicted octanol–water partition coefficient (Wildman–Crippen LogP) is 1.71. The minimum atomic E-state index is 0.0895. The van der Waals surface area contributed by atoms with Crippen LogP contribution >= 0.6 is 15.9 Å². The highest BCUT2D eigenvalue weighted by Crippen LogP contribution is 2.29. The molecule has 0 saturated carbocycles. The molecule has 0 aromatic heterocycles. The summed E-state index contributed by atoms with van der Waals surface area (Å²) in [7, 11) is 0. The number of hydrogen-bond donors (Lipinski definition) is 0. The molecule has 10 heavy (non-hydrogen) atoms. The third-order valence-corrected chi connectivity index (χ3v) is 2.76. The van der Waals surface area contributed by atoms with Crippen molar-refractivity contribution in [3.05, 3.63) is 10.4 Å². The van der Waals surface area contributed by atoms with Gasteiger partial charge in [-0.05, 0) is 5.53 Å². The standard InChI is InChI=1S/C5H8BrN3O/c6-1-5(2-8-9-7)3-10-4-5/h1-4H2. The average molecular weight is 206 g/mol. The van der Waals surface area contributed by atoms with Gasteiger partial charge in [0, 0.05) is 22.2 Å². The van der Waals surface area contributed by atoms with E-state index in [4.69, 9.17) is 10.3 Å². The molecule has 56 valence electrons. The normalized spacial score (nSPS) is 20.9. The van der Waals surface area contributed by atoms with Crippen LogP contribution < -0.4 is 0 Å². The highest BCUT2D eigenvalue weighted by atomic mass is 79.9. The van der Waals surface area contributed by atoms with E-state index in [9.17, 15) is 0 Å². The molecule has 1 saturated heterocycles. The van der Waals surface area contributed by atoms with Crippen LogP contribution in [0.15, 0.2) is 5.11 Å². The monoisotopic (exact) mass is 205 g/mol. The van der Waals surface area contributed by atoms with Crippen LogP contribution in [0.5, 0.6) is 0 Å². The summed E-state index contributed by atoms with van der Waals surface area (Å²) in [4.78, 5) is 2.70. The maximum atomic E-state index is 8.05. The number of alkyl halides is 1. The van der Waals surface area contributed by atoms with E-state index in [1.807, 2.05) is 0 Å². The van der Waals surface area contributed by atoms with Gasteiger partial charge in [0.05, 0.1) is 13.2 Å². The van der Waals surface area contributed by atoms with Gasteiger partial charge in [-0.15, -0.1) is 0 Å². The average Bonchev–Trinajstić information content (AvgIpc) is 1.87. The smallest absolute Gasteiger partial charge is 0.0554 e. The van der Waals surface area contributed by atoms with Gasteiger partial charge in [0.1, 0.15) is 0 Å². The summed E-state index contributed by atoms with van der Waals surface area (Å²) in [5.41, 5.74) is 8.14. The fourth-order valence-corrected chi connectivity index (χ4v) is 1.28. The first-order valence-electron chi connectivity index (χ1n) is 2.98. The molecule has 0 unspecified atom stereocenters. The van der Waals surface area contributed by atoms with Gasteiger partial charge in [-0.2, -0.15) is 0 Å². The first-order valence-corrected chi connectivity index (χ1v) is 4.10. The van der Waals surface area contributed by atoms with Gasteiger partial charge < -0.3 is 4.74 Å². The lowest BCUT2D eigenvalue weighted by molar-refractivity contribution is -0.0908. The fraction of sp³-hybridized carbons (Fsp3) is 1.00. The second kappa shape index (κ2) is 3.23. The fourth-order valence-electron chi connectivity index (χ4n) is 0.783. The Morgan fingerprint density at radius 1 is 1.70 bits per heavy atom. The minimum Gasteiger partial charge on any atom is -0.380 e. The van der Waals surface area contributed by atoms with Crippen LogP contribution in [0.1, 0.15) is 0 Å². The molecule has 1 aliphatic heterocycles. The molecule has 1 rings (SSSR count). The van der Waals surface area contributed by atoms with Crippen LogP contribution in [0.2, 0.25) is 0 Å². The Bertz CT molecular complexity index is 157. The number of rotatable bonds is 3. The molecule has 0 atom stereocenters. The summed E-state index contributed by atoms with van der Waals surface area (Å²) in [6.07, 6.45) is 0. The molecule has 1 aliphatic rings. The summed E-state index contributed by atoms with van der Waals surface area (Å²) in [6, 6.07) is 0. The van der Waals surface area contributed by atoms with Crippen molar-refractivity contribution >= 4 is 15.9 Å². The maximum Gasteiger partial charge on any atom is 0.0554 e. The Morgan fingerprint density at radius 2 is 2.40 bits per heavy atom. The van der Waals surface area contributed by atoms with Gasteiger partial charge >= 0.3 is 0 Å². The van der Waals surface area contributed by atoms with Crippen molar-refractivity contribution in [2.24, 2.45) is 10.5 Å². The first kappa shape index (κ1) is 7.85. The predicted molar refractivity (Wildman–Crippen MR) is 41.1 cm³/mol. The van der Waals surface area contributed by atoms with E-state index in [1.54, 1.807) is 0 Å². The lowest BCUT2D eigenvalue weighted by atomic mass is 9.89. The number of ether oxygens (including phenoxy) is 1. The molecule has 0 N–H and O–H groups in total. The first-order chi connectivity index (χ1) is 4.83. The van der Waals surface area contributed by atoms with Crippen molar-refractivity contribution in [1.29, 1.82) is 0 Å². The van der Waals surface area contributed by atoms with E-state index >= 15 is 0 Å². The van der Waals surface area contributed by atoms with Crippen molar-refractivity contribution in [3.8, 4) is 0 Å². The maximum absolute atomic E-state index is 8.05. The number of halogens is 1. The van der Waals surface area contributed by atoms with Crippen LogP contribution in [0.3, 0.4) is 0 Å². The molecule has 0 amide bonds. The molecule has 1 heterocycles. The molecule has 1 fully saturated rings. The van der Waals surface area contributed by atoms with E-state index in [-0.39, 0.29) is 5.41 Å². The van der Waals surface area contributed by atoms with Crippen molar-refractivity contribution in [3.63, 3.8) is 0 Å². The topological polar surface area (TPSA) is 58.0 Å². The van der Waals surface area contributed by atoms with Crippen molar-refractivity contribution < 1.29 is 4.74 Å². The van der Waals surface area contributed by atoms with E-state index in [0.717, 1.165) is 5.33 Å². The highest BCUT2D eigenvalue weighted by molar-refractivity contribution is 9.09. The molecular weight excluding hydrogens is 198 g/mol. The Balaban J connectivity index is 2.40. The lowest BCUT2D eigenvalue weighted by Crippen LogP contribution is -2.46. The van der Waals surface area contributed by atoms with E-state index in [2.05, 4.69) is 26.0 Å². The molecule has 0 aromatic carbocycles. The van der Waals surface area contributed by atoms with Crippen LogP contribution in [0, 0.1) is 5.41 Å². The van der Waals surface area contributed by atoms with Gasteiger partial charge in [-0.3, -0.25) is 0 Å². The second-order valence-corrected chi connectivity index (χ2v) is 3.08. The van der Waals surface area contributed by atoms with E-state index < -0.39 is 0 Å². The largest absolute Gasteiger partial charge is 0.380 e. The lowest BCUT2D eigenvalue weighted by Gasteiger charge is -2.38. The van der Waals surface area contributed by atoms with Crippen LogP contribution in [-0.2, 0) is 4.74 Å². The zero-order valence-electron chi connectivity index (χ0n) is 5.46. The zero-order valence-corrected chi connectivity index (χ0v) is 7.04. The SMILES string of the molecule is [N-]=[N+]=NCC1(CBr)COC1. The van der Waals surface area contributed by atoms with Gasteiger partial charge in [-0.25, -0.2) is 0 Å². The third-order valence-electron chi connectivity index (χ3n) is 1.57. The Labute approximate surface area is 67.3 Å². The highest BCUT2D eigenvalue weighted by Gasteiger charge is 2.36. The van der Waals surface area contributed by atoms with Crippen LogP contribution in [0.25, 0.3) is 10.4 Å². The van der Waals surface area contributed by atoms with Gasteiger partial charge in [0.2, 0.25) is 0 Å². The molecule has 0 spiro atoms. The van der Waals surface area contributed by atoms with E-state index in [1.165, 1.54) is 0 Å². The Kier molecular flexibility index (Phi) is 2.54. The molecule has 0 aliphatic carbocycles. The molecular formula is C5H8BrN3O. The number of nitrogens with zero attached hydrogens (tertiary/aromatic N) is 3. The van der Waals surface area contributed by atoms with Crippen molar-refractivity contribution in [2.45, 2.75) is 0 Å². The molecule has 4 nitrogen and oxygen atoms in total.